The molecule has 7 heteroatoms. The zero-order valence-corrected chi connectivity index (χ0v) is 17.6. The van der Waals surface area contributed by atoms with Gasteiger partial charge in [-0.25, -0.2) is 0 Å². The van der Waals surface area contributed by atoms with Crippen molar-refractivity contribution in [3.8, 4) is 5.75 Å². The largest absolute Gasteiger partial charge is 0.489 e. The molecule has 2 rings (SSSR count). The number of hydrogen-bond donors (Lipinski definition) is 3. The maximum atomic E-state index is 12.4. The van der Waals surface area contributed by atoms with Crippen molar-refractivity contribution in [3.63, 3.8) is 0 Å². The summed E-state index contributed by atoms with van der Waals surface area (Å²) in [6, 6.07) is 14.1. The summed E-state index contributed by atoms with van der Waals surface area (Å²) >= 11 is 5.08. The molecule has 2 amide bonds. The standard InChI is InChI=1S/C22H25N3O3S/c1-5-14-28-18-9-7-6-8-17(18)20(27)24-25-21(29)23-19(26)15-10-12-16(13-11-15)22(2,3)4/h5-13H,1,14H2,2-4H3,(H,24,27)(H2,23,25,26,29). The summed E-state index contributed by atoms with van der Waals surface area (Å²) < 4.78 is 5.46. The van der Waals surface area contributed by atoms with Crippen LogP contribution in [-0.2, 0) is 5.41 Å². The van der Waals surface area contributed by atoms with Crippen LogP contribution >= 0.6 is 12.2 Å². The number of carbonyl (C=O) groups excluding carboxylic acids is 2. The molecule has 29 heavy (non-hydrogen) atoms. The molecule has 0 saturated carbocycles. The zero-order valence-electron chi connectivity index (χ0n) is 16.7. The van der Waals surface area contributed by atoms with Crippen LogP contribution in [0.5, 0.6) is 5.75 Å². The average molecular weight is 412 g/mol. The van der Waals surface area contributed by atoms with Crippen LogP contribution in [-0.4, -0.2) is 23.5 Å². The second kappa shape index (κ2) is 9.84. The van der Waals surface area contributed by atoms with Crippen molar-refractivity contribution in [3.05, 3.63) is 77.9 Å². The van der Waals surface area contributed by atoms with Gasteiger partial charge in [-0.05, 0) is 47.5 Å². The minimum Gasteiger partial charge on any atom is -0.489 e. The average Bonchev–Trinajstić information content (AvgIpc) is 2.70. The number of ether oxygens (including phenoxy) is 1. The van der Waals surface area contributed by atoms with Crippen molar-refractivity contribution in [1.82, 2.24) is 16.2 Å². The van der Waals surface area contributed by atoms with Crippen molar-refractivity contribution in [2.45, 2.75) is 26.2 Å². The zero-order chi connectivity index (χ0) is 21.4. The number of para-hydroxylation sites is 1. The predicted molar refractivity (Wildman–Crippen MR) is 118 cm³/mol. The van der Waals surface area contributed by atoms with Gasteiger partial charge in [0.1, 0.15) is 12.4 Å². The molecule has 0 aliphatic carbocycles. The maximum Gasteiger partial charge on any atom is 0.273 e. The van der Waals surface area contributed by atoms with E-state index in [2.05, 4.69) is 43.5 Å². The SMILES string of the molecule is C=CCOc1ccccc1C(=O)NNC(=S)NC(=O)c1ccc(C(C)(C)C)cc1. The summed E-state index contributed by atoms with van der Waals surface area (Å²) in [6.07, 6.45) is 1.59. The lowest BCUT2D eigenvalue weighted by atomic mass is 9.87. The monoisotopic (exact) mass is 411 g/mol. The van der Waals surface area contributed by atoms with Crippen LogP contribution < -0.4 is 20.9 Å². The Morgan fingerprint density at radius 3 is 2.31 bits per heavy atom. The Bertz CT molecular complexity index is 902. The summed E-state index contributed by atoms with van der Waals surface area (Å²) in [5, 5.41) is 2.51. The molecule has 0 aliphatic rings. The molecule has 2 aromatic carbocycles. The number of amides is 2. The summed E-state index contributed by atoms with van der Waals surface area (Å²) in [7, 11) is 0. The molecule has 0 bridgehead atoms. The van der Waals surface area contributed by atoms with E-state index in [0.717, 1.165) is 5.56 Å². The first-order valence-electron chi connectivity index (χ1n) is 9.07. The lowest BCUT2D eigenvalue weighted by molar-refractivity contribution is 0.0931. The molecule has 0 heterocycles. The number of hydrazine groups is 1. The van der Waals surface area contributed by atoms with E-state index in [4.69, 9.17) is 17.0 Å². The Kier molecular flexibility index (Phi) is 7.50. The highest BCUT2D eigenvalue weighted by Gasteiger charge is 2.15. The molecular weight excluding hydrogens is 386 g/mol. The van der Waals surface area contributed by atoms with Crippen molar-refractivity contribution in [2.24, 2.45) is 0 Å². The molecule has 2 aromatic rings. The molecule has 0 spiro atoms. The first-order chi connectivity index (χ1) is 13.7. The second-order valence-corrected chi connectivity index (χ2v) is 7.69. The van der Waals surface area contributed by atoms with Gasteiger partial charge in [0.05, 0.1) is 5.56 Å². The van der Waals surface area contributed by atoms with Crippen LogP contribution in [0.3, 0.4) is 0 Å². The van der Waals surface area contributed by atoms with Gasteiger partial charge in [0.2, 0.25) is 0 Å². The number of rotatable bonds is 5. The lowest BCUT2D eigenvalue weighted by Gasteiger charge is -2.19. The fraction of sp³-hybridized carbons (Fsp3) is 0.227. The normalized spacial score (nSPS) is 10.6. The predicted octanol–water partition coefficient (Wildman–Crippen LogP) is 3.50. The first-order valence-corrected chi connectivity index (χ1v) is 9.48. The van der Waals surface area contributed by atoms with Gasteiger partial charge in [0.25, 0.3) is 11.8 Å². The molecule has 0 fully saturated rings. The molecule has 0 aliphatic heterocycles. The van der Waals surface area contributed by atoms with Gasteiger partial charge < -0.3 is 4.74 Å². The summed E-state index contributed by atoms with van der Waals surface area (Å²) in [5.74, 6) is -0.400. The van der Waals surface area contributed by atoms with Gasteiger partial charge in [0.15, 0.2) is 5.11 Å². The van der Waals surface area contributed by atoms with E-state index in [9.17, 15) is 9.59 Å². The van der Waals surface area contributed by atoms with E-state index in [-0.39, 0.29) is 23.0 Å². The Morgan fingerprint density at radius 2 is 1.69 bits per heavy atom. The molecule has 0 unspecified atom stereocenters. The van der Waals surface area contributed by atoms with Gasteiger partial charge in [-0.2, -0.15) is 0 Å². The van der Waals surface area contributed by atoms with E-state index in [0.29, 0.717) is 16.9 Å². The van der Waals surface area contributed by atoms with Crippen molar-refractivity contribution >= 4 is 29.1 Å². The van der Waals surface area contributed by atoms with Gasteiger partial charge >= 0.3 is 0 Å². The Labute approximate surface area is 176 Å². The van der Waals surface area contributed by atoms with Crippen molar-refractivity contribution < 1.29 is 14.3 Å². The van der Waals surface area contributed by atoms with Crippen LogP contribution in [0.4, 0.5) is 0 Å². The minimum absolute atomic E-state index is 0.00181. The van der Waals surface area contributed by atoms with Gasteiger partial charge in [-0.3, -0.25) is 25.8 Å². The van der Waals surface area contributed by atoms with E-state index in [1.54, 1.807) is 42.5 Å². The Balaban J connectivity index is 1.92. The molecule has 152 valence electrons. The molecule has 0 radical (unpaired) electrons. The fourth-order valence-corrected chi connectivity index (χ4v) is 2.58. The van der Waals surface area contributed by atoms with Crippen molar-refractivity contribution in [1.29, 1.82) is 0 Å². The summed E-state index contributed by atoms with van der Waals surface area (Å²) in [6.45, 7) is 10.2. The lowest BCUT2D eigenvalue weighted by Crippen LogP contribution is -2.48. The van der Waals surface area contributed by atoms with Crippen LogP contribution in [0, 0.1) is 0 Å². The van der Waals surface area contributed by atoms with Crippen LogP contribution in [0.25, 0.3) is 0 Å². The van der Waals surface area contributed by atoms with Crippen LogP contribution in [0.15, 0.2) is 61.2 Å². The quantitative estimate of drug-likeness (QED) is 0.399. The number of carbonyl (C=O) groups is 2. The molecule has 0 aromatic heterocycles. The summed E-state index contributed by atoms with van der Waals surface area (Å²) in [4.78, 5) is 24.7. The number of hydrogen-bond acceptors (Lipinski definition) is 4. The Hall–Kier alpha value is -3.19. The van der Waals surface area contributed by atoms with E-state index >= 15 is 0 Å². The highest BCUT2D eigenvalue weighted by Crippen LogP contribution is 2.22. The van der Waals surface area contributed by atoms with E-state index < -0.39 is 5.91 Å². The van der Waals surface area contributed by atoms with Gasteiger partial charge in [-0.1, -0.05) is 57.7 Å². The smallest absolute Gasteiger partial charge is 0.273 e. The Morgan fingerprint density at radius 1 is 1.03 bits per heavy atom. The van der Waals surface area contributed by atoms with Crippen LogP contribution in [0.1, 0.15) is 47.1 Å². The highest BCUT2D eigenvalue weighted by atomic mass is 32.1. The second-order valence-electron chi connectivity index (χ2n) is 7.29. The number of benzene rings is 2. The third kappa shape index (κ3) is 6.43. The number of nitrogens with one attached hydrogen (secondary N) is 3. The van der Waals surface area contributed by atoms with E-state index in [1.165, 1.54) is 0 Å². The maximum absolute atomic E-state index is 12.4. The fourth-order valence-electron chi connectivity index (χ4n) is 2.44. The van der Waals surface area contributed by atoms with E-state index in [1.807, 2.05) is 12.1 Å². The molecule has 6 nitrogen and oxygen atoms in total. The van der Waals surface area contributed by atoms with Crippen LogP contribution in [0.2, 0.25) is 0 Å². The van der Waals surface area contributed by atoms with Crippen molar-refractivity contribution in [2.75, 3.05) is 6.61 Å². The first kappa shape index (κ1) is 22.1. The molecular formula is C22H25N3O3S. The summed E-state index contributed by atoms with van der Waals surface area (Å²) in [5.41, 5.74) is 6.90. The van der Waals surface area contributed by atoms with Gasteiger partial charge in [-0.15, -0.1) is 0 Å². The topological polar surface area (TPSA) is 79.5 Å². The van der Waals surface area contributed by atoms with Gasteiger partial charge in [0, 0.05) is 5.56 Å². The third-order valence-electron chi connectivity index (χ3n) is 4.02. The molecule has 0 saturated heterocycles. The number of thiocarbonyl (C=S) groups is 1. The minimum atomic E-state index is -0.448. The highest BCUT2D eigenvalue weighted by molar-refractivity contribution is 7.80. The third-order valence-corrected chi connectivity index (χ3v) is 4.22. The molecule has 0 atom stereocenters. The molecule has 3 N–H and O–H groups in total.